The van der Waals surface area contributed by atoms with E-state index in [2.05, 4.69) is 15.1 Å². The van der Waals surface area contributed by atoms with Gasteiger partial charge in [-0.2, -0.15) is 9.61 Å². The van der Waals surface area contributed by atoms with Crippen LogP contribution in [0, 0.1) is 6.92 Å². The number of aryl methyl sites for hydroxylation is 1. The lowest BCUT2D eigenvalue weighted by Crippen LogP contribution is -2.17. The van der Waals surface area contributed by atoms with Crippen molar-refractivity contribution in [3.05, 3.63) is 34.0 Å². The predicted octanol–water partition coefficient (Wildman–Crippen LogP) is 1.46. The van der Waals surface area contributed by atoms with E-state index in [1.165, 1.54) is 10.8 Å². The van der Waals surface area contributed by atoms with Crippen molar-refractivity contribution in [3.8, 4) is 16.2 Å². The van der Waals surface area contributed by atoms with Crippen molar-refractivity contribution < 1.29 is 4.74 Å². The van der Waals surface area contributed by atoms with Crippen LogP contribution in [0.1, 0.15) is 5.56 Å². The second kappa shape index (κ2) is 3.95. The highest BCUT2D eigenvalue weighted by Crippen LogP contribution is 2.39. The molecule has 0 atom stereocenters. The van der Waals surface area contributed by atoms with Crippen LogP contribution in [0.3, 0.4) is 0 Å². The fourth-order valence-corrected chi connectivity index (χ4v) is 2.88. The molecule has 92 valence electrons. The number of hydrogen-bond donors (Lipinski definition) is 1. The SMILES string of the molecule is COc1c(C)csc1-c1cnn2c(=O)[nH]cnc12. The van der Waals surface area contributed by atoms with E-state index in [-0.39, 0.29) is 5.69 Å². The Morgan fingerprint density at radius 3 is 3.11 bits per heavy atom. The van der Waals surface area contributed by atoms with E-state index in [1.54, 1.807) is 24.6 Å². The predicted molar refractivity (Wildman–Crippen MR) is 68.2 cm³/mol. The van der Waals surface area contributed by atoms with E-state index in [0.717, 1.165) is 21.8 Å². The first-order valence-corrected chi connectivity index (χ1v) is 6.14. The van der Waals surface area contributed by atoms with Crippen molar-refractivity contribution in [1.82, 2.24) is 19.6 Å². The first-order valence-electron chi connectivity index (χ1n) is 5.26. The molecule has 3 aromatic heterocycles. The van der Waals surface area contributed by atoms with Crippen molar-refractivity contribution in [2.75, 3.05) is 7.11 Å². The van der Waals surface area contributed by atoms with Gasteiger partial charge >= 0.3 is 5.69 Å². The molecule has 0 saturated carbocycles. The van der Waals surface area contributed by atoms with Gasteiger partial charge in [0.15, 0.2) is 5.65 Å². The minimum absolute atomic E-state index is 0.307. The van der Waals surface area contributed by atoms with Crippen LogP contribution < -0.4 is 10.4 Å². The first-order chi connectivity index (χ1) is 8.72. The Morgan fingerprint density at radius 1 is 1.50 bits per heavy atom. The minimum Gasteiger partial charge on any atom is -0.495 e. The second-order valence-electron chi connectivity index (χ2n) is 3.78. The molecule has 0 fully saturated rings. The number of fused-ring (bicyclic) bond motifs is 1. The lowest BCUT2D eigenvalue weighted by atomic mass is 10.2. The molecule has 0 unspecified atom stereocenters. The van der Waals surface area contributed by atoms with Gasteiger partial charge in [0.25, 0.3) is 0 Å². The summed E-state index contributed by atoms with van der Waals surface area (Å²) in [4.78, 5) is 19.1. The number of H-pyrrole nitrogens is 1. The number of nitrogens with zero attached hydrogens (tertiary/aromatic N) is 3. The smallest absolute Gasteiger partial charge is 0.349 e. The zero-order chi connectivity index (χ0) is 12.7. The molecule has 0 aliphatic carbocycles. The molecule has 0 radical (unpaired) electrons. The molecule has 0 bridgehead atoms. The summed E-state index contributed by atoms with van der Waals surface area (Å²) in [6.45, 7) is 1.98. The molecule has 3 heterocycles. The quantitative estimate of drug-likeness (QED) is 0.759. The normalized spacial score (nSPS) is 11.0. The van der Waals surface area contributed by atoms with Gasteiger partial charge < -0.3 is 4.74 Å². The lowest BCUT2D eigenvalue weighted by Gasteiger charge is -2.01. The molecule has 0 aromatic carbocycles. The van der Waals surface area contributed by atoms with Crippen LogP contribution in [0.2, 0.25) is 0 Å². The van der Waals surface area contributed by atoms with Gasteiger partial charge in [-0.3, -0.25) is 4.98 Å². The summed E-state index contributed by atoms with van der Waals surface area (Å²) in [6, 6.07) is 0. The Kier molecular flexibility index (Phi) is 2.41. The average molecular weight is 262 g/mol. The summed E-state index contributed by atoms with van der Waals surface area (Å²) in [5.74, 6) is 0.803. The molecule has 0 aliphatic rings. The van der Waals surface area contributed by atoms with Crippen molar-refractivity contribution in [1.29, 1.82) is 0 Å². The summed E-state index contributed by atoms with van der Waals surface area (Å²) < 4.78 is 6.62. The molecule has 0 aliphatic heterocycles. The summed E-state index contributed by atoms with van der Waals surface area (Å²) in [5.41, 5.74) is 2.08. The second-order valence-corrected chi connectivity index (χ2v) is 4.66. The van der Waals surface area contributed by atoms with Gasteiger partial charge in [-0.1, -0.05) is 0 Å². The van der Waals surface area contributed by atoms with Crippen molar-refractivity contribution in [2.45, 2.75) is 6.92 Å². The molecule has 18 heavy (non-hydrogen) atoms. The molecule has 7 heteroatoms. The lowest BCUT2D eigenvalue weighted by molar-refractivity contribution is 0.415. The number of aromatic amines is 1. The van der Waals surface area contributed by atoms with E-state index in [1.807, 2.05) is 12.3 Å². The maximum atomic E-state index is 11.6. The van der Waals surface area contributed by atoms with Gasteiger partial charge in [-0.15, -0.1) is 11.3 Å². The monoisotopic (exact) mass is 262 g/mol. The van der Waals surface area contributed by atoms with Crippen LogP contribution in [-0.4, -0.2) is 26.7 Å². The fraction of sp³-hybridized carbons (Fsp3) is 0.182. The number of nitrogens with one attached hydrogen (secondary N) is 1. The highest BCUT2D eigenvalue weighted by molar-refractivity contribution is 7.14. The maximum Gasteiger partial charge on any atom is 0.349 e. The Labute approximate surface area is 106 Å². The van der Waals surface area contributed by atoms with E-state index in [0.29, 0.717) is 5.65 Å². The third kappa shape index (κ3) is 1.44. The summed E-state index contributed by atoms with van der Waals surface area (Å²) in [6.07, 6.45) is 3.00. The van der Waals surface area contributed by atoms with Crippen molar-refractivity contribution in [3.63, 3.8) is 0 Å². The van der Waals surface area contributed by atoms with Crippen LogP contribution in [0.5, 0.6) is 5.75 Å². The van der Waals surface area contributed by atoms with Gasteiger partial charge in [0.1, 0.15) is 5.75 Å². The van der Waals surface area contributed by atoms with Crippen LogP contribution >= 0.6 is 11.3 Å². The average Bonchev–Trinajstić information content (AvgIpc) is 2.93. The van der Waals surface area contributed by atoms with Crippen LogP contribution in [0.4, 0.5) is 0 Å². The zero-order valence-electron chi connectivity index (χ0n) is 9.80. The number of thiophene rings is 1. The molecular weight excluding hydrogens is 252 g/mol. The minimum atomic E-state index is -0.307. The molecule has 0 saturated heterocycles. The van der Waals surface area contributed by atoms with Gasteiger partial charge in [0.2, 0.25) is 0 Å². The van der Waals surface area contributed by atoms with Crippen molar-refractivity contribution >= 4 is 17.0 Å². The Balaban J connectivity index is 2.32. The Hall–Kier alpha value is -2.15. The number of ether oxygens (including phenoxy) is 1. The summed E-state index contributed by atoms with van der Waals surface area (Å²) in [5, 5.41) is 6.05. The number of aromatic nitrogens is 4. The highest BCUT2D eigenvalue weighted by Gasteiger charge is 2.17. The molecule has 6 nitrogen and oxygen atoms in total. The van der Waals surface area contributed by atoms with Crippen LogP contribution in [0.15, 0.2) is 22.7 Å². The largest absolute Gasteiger partial charge is 0.495 e. The zero-order valence-corrected chi connectivity index (χ0v) is 10.6. The molecule has 1 N–H and O–H groups in total. The molecule has 3 aromatic rings. The van der Waals surface area contributed by atoms with Gasteiger partial charge in [-0.05, 0) is 12.3 Å². The van der Waals surface area contributed by atoms with Gasteiger partial charge in [-0.25, -0.2) is 9.78 Å². The van der Waals surface area contributed by atoms with Gasteiger partial charge in [0, 0.05) is 5.56 Å². The number of rotatable bonds is 2. The van der Waals surface area contributed by atoms with Crippen LogP contribution in [0.25, 0.3) is 16.1 Å². The van der Waals surface area contributed by atoms with E-state index < -0.39 is 0 Å². The standard InChI is InChI=1S/C11H10N4O2S/c1-6-4-18-9(8(6)17-2)7-3-14-15-10(7)12-5-13-11(15)16/h3-5H,1-2H3,(H,12,13,16). The molecule has 3 rings (SSSR count). The molecule has 0 spiro atoms. The third-order valence-electron chi connectivity index (χ3n) is 2.68. The molecular formula is C11H10N4O2S. The topological polar surface area (TPSA) is 72.3 Å². The van der Waals surface area contributed by atoms with Gasteiger partial charge in [0.05, 0.1) is 30.1 Å². The summed E-state index contributed by atoms with van der Waals surface area (Å²) in [7, 11) is 1.63. The Morgan fingerprint density at radius 2 is 2.33 bits per heavy atom. The first kappa shape index (κ1) is 11.0. The maximum absolute atomic E-state index is 11.6. The fourth-order valence-electron chi connectivity index (χ4n) is 1.86. The molecule has 0 amide bonds. The Bertz CT molecular complexity index is 771. The van der Waals surface area contributed by atoms with Crippen LogP contribution in [-0.2, 0) is 0 Å². The number of methoxy groups -OCH3 is 1. The van der Waals surface area contributed by atoms with E-state index in [9.17, 15) is 4.79 Å². The number of hydrogen-bond acceptors (Lipinski definition) is 5. The van der Waals surface area contributed by atoms with Crippen molar-refractivity contribution in [2.24, 2.45) is 0 Å². The highest BCUT2D eigenvalue weighted by atomic mass is 32.1. The van der Waals surface area contributed by atoms with E-state index in [4.69, 9.17) is 4.74 Å². The van der Waals surface area contributed by atoms with E-state index >= 15 is 0 Å². The third-order valence-corrected chi connectivity index (χ3v) is 3.79. The summed E-state index contributed by atoms with van der Waals surface area (Å²) >= 11 is 1.55.